The molecule has 0 aliphatic heterocycles. The Hall–Kier alpha value is -2.44. The second kappa shape index (κ2) is 60.1. The highest BCUT2D eigenvalue weighted by molar-refractivity contribution is 5.76. The second-order valence-electron chi connectivity index (χ2n) is 21.0. The Morgan fingerprint density at radius 1 is 0.394 bits per heavy atom. The summed E-state index contributed by atoms with van der Waals surface area (Å²) in [5.41, 5.74) is 0. The molecule has 414 valence electrons. The van der Waals surface area contributed by atoms with Crippen LogP contribution in [-0.4, -0.2) is 47.4 Å². The molecule has 0 aliphatic rings. The first-order valence-electron chi connectivity index (χ1n) is 31.1. The van der Waals surface area contributed by atoms with Crippen LogP contribution in [0.25, 0.3) is 0 Å². The van der Waals surface area contributed by atoms with E-state index in [2.05, 4.69) is 67.8 Å². The van der Waals surface area contributed by atoms with Crippen molar-refractivity contribution < 1.29 is 24.5 Å². The van der Waals surface area contributed by atoms with E-state index in [4.69, 9.17) is 4.74 Å². The first-order chi connectivity index (χ1) is 35.0. The summed E-state index contributed by atoms with van der Waals surface area (Å²) in [6.07, 6.45) is 78.4. The molecule has 2 unspecified atom stereocenters. The fourth-order valence-corrected chi connectivity index (χ4v) is 9.22. The maximum Gasteiger partial charge on any atom is 0.305 e. The molecule has 0 saturated carbocycles. The Labute approximate surface area is 441 Å². The predicted molar refractivity (Wildman–Crippen MR) is 310 cm³/mol. The Balaban J connectivity index is 3.42. The monoisotopic (exact) mass is 994 g/mol. The minimum atomic E-state index is -0.848. The average Bonchev–Trinajstić information content (AvgIpc) is 3.37. The molecule has 6 nitrogen and oxygen atoms in total. The van der Waals surface area contributed by atoms with Gasteiger partial charge in [-0.3, -0.25) is 9.59 Å². The van der Waals surface area contributed by atoms with E-state index in [1.54, 1.807) is 6.08 Å². The van der Waals surface area contributed by atoms with Crippen LogP contribution in [-0.2, 0) is 14.3 Å². The second-order valence-corrected chi connectivity index (χ2v) is 21.0. The third kappa shape index (κ3) is 56.7. The van der Waals surface area contributed by atoms with Crippen LogP contribution in [0, 0.1) is 0 Å². The van der Waals surface area contributed by atoms with E-state index in [0.717, 1.165) is 57.8 Å². The summed E-state index contributed by atoms with van der Waals surface area (Å²) in [5, 5.41) is 23.0. The quantitative estimate of drug-likeness (QED) is 0.0321. The topological polar surface area (TPSA) is 95.9 Å². The van der Waals surface area contributed by atoms with Gasteiger partial charge in [0, 0.05) is 12.8 Å². The van der Waals surface area contributed by atoms with E-state index in [1.807, 2.05) is 6.08 Å². The van der Waals surface area contributed by atoms with Crippen LogP contribution in [0.2, 0.25) is 0 Å². The lowest BCUT2D eigenvalue weighted by molar-refractivity contribution is -0.143. The first-order valence-corrected chi connectivity index (χ1v) is 31.1. The minimum Gasteiger partial charge on any atom is -0.466 e. The summed E-state index contributed by atoms with van der Waals surface area (Å²) in [5.74, 6) is -0.0726. The van der Waals surface area contributed by atoms with Crippen molar-refractivity contribution >= 4 is 11.9 Å². The maximum absolute atomic E-state index is 12.4. The van der Waals surface area contributed by atoms with E-state index in [1.165, 1.54) is 231 Å². The normalized spacial score (nSPS) is 13.0. The highest BCUT2D eigenvalue weighted by Crippen LogP contribution is 2.16. The van der Waals surface area contributed by atoms with E-state index >= 15 is 0 Å². The highest BCUT2D eigenvalue weighted by Gasteiger charge is 2.18. The number of hydrogen-bond donors (Lipinski definition) is 3. The van der Waals surface area contributed by atoms with Gasteiger partial charge in [0.1, 0.15) is 0 Å². The van der Waals surface area contributed by atoms with Crippen LogP contribution in [0.3, 0.4) is 0 Å². The summed E-state index contributed by atoms with van der Waals surface area (Å²) in [6, 6.07) is -0.632. The molecule has 0 aliphatic carbocycles. The number of rotatable bonds is 57. The Morgan fingerprint density at radius 2 is 0.704 bits per heavy atom. The number of ether oxygens (including phenoxy) is 1. The van der Waals surface area contributed by atoms with E-state index in [-0.39, 0.29) is 18.5 Å². The van der Waals surface area contributed by atoms with Gasteiger partial charge < -0.3 is 20.3 Å². The van der Waals surface area contributed by atoms with Gasteiger partial charge in [-0.1, -0.05) is 267 Å². The molecule has 0 saturated heterocycles. The Bertz CT molecular complexity index is 1240. The highest BCUT2D eigenvalue weighted by atomic mass is 16.5. The molecular weight excluding hydrogens is 875 g/mol. The molecule has 0 fully saturated rings. The average molecular weight is 995 g/mol. The van der Waals surface area contributed by atoms with Gasteiger partial charge in [-0.2, -0.15) is 0 Å². The Morgan fingerprint density at radius 3 is 1.10 bits per heavy atom. The van der Waals surface area contributed by atoms with Gasteiger partial charge in [0.2, 0.25) is 5.91 Å². The summed E-state index contributed by atoms with van der Waals surface area (Å²) in [7, 11) is 0. The number of unbranched alkanes of at least 4 members (excludes halogenated alkanes) is 38. The van der Waals surface area contributed by atoms with Crippen LogP contribution >= 0.6 is 0 Å². The van der Waals surface area contributed by atoms with Crippen molar-refractivity contribution in [3.63, 3.8) is 0 Å². The number of aliphatic hydroxyl groups excluding tert-OH is 2. The van der Waals surface area contributed by atoms with E-state index < -0.39 is 12.1 Å². The van der Waals surface area contributed by atoms with Crippen molar-refractivity contribution in [1.29, 1.82) is 0 Å². The van der Waals surface area contributed by atoms with Crippen molar-refractivity contribution in [2.45, 2.75) is 328 Å². The van der Waals surface area contributed by atoms with Gasteiger partial charge in [0.25, 0.3) is 0 Å². The molecule has 0 aromatic carbocycles. The summed E-state index contributed by atoms with van der Waals surface area (Å²) < 4.78 is 5.49. The van der Waals surface area contributed by atoms with Crippen molar-refractivity contribution in [3.8, 4) is 0 Å². The van der Waals surface area contributed by atoms with Gasteiger partial charge in [-0.15, -0.1) is 0 Å². The molecule has 71 heavy (non-hydrogen) atoms. The fourth-order valence-electron chi connectivity index (χ4n) is 9.22. The van der Waals surface area contributed by atoms with E-state index in [9.17, 15) is 19.8 Å². The molecular formula is C65H119NO5. The number of allylic oxidation sites excluding steroid dienone is 9. The number of aliphatic hydroxyl groups is 2. The lowest BCUT2D eigenvalue weighted by Gasteiger charge is -2.20. The van der Waals surface area contributed by atoms with Gasteiger partial charge in [-0.25, -0.2) is 0 Å². The lowest BCUT2D eigenvalue weighted by Crippen LogP contribution is -2.45. The molecule has 1 amide bonds. The van der Waals surface area contributed by atoms with Gasteiger partial charge in [0.05, 0.1) is 25.4 Å². The molecule has 0 rings (SSSR count). The minimum absolute atomic E-state index is 0.00408. The van der Waals surface area contributed by atoms with Gasteiger partial charge in [0.15, 0.2) is 0 Å². The summed E-state index contributed by atoms with van der Waals surface area (Å²) in [4.78, 5) is 24.5. The largest absolute Gasteiger partial charge is 0.466 e. The zero-order chi connectivity index (χ0) is 51.4. The summed E-state index contributed by atoms with van der Waals surface area (Å²) >= 11 is 0. The third-order valence-corrected chi connectivity index (χ3v) is 14.0. The number of carbonyl (C=O) groups excluding carboxylic acids is 2. The van der Waals surface area contributed by atoms with Gasteiger partial charge in [-0.05, 0) is 96.3 Å². The standard InChI is InChI=1S/C65H119NO5/c1-3-5-7-9-11-13-15-16-17-18-26-30-33-36-39-43-47-51-55-59-65(70)71-60-56-52-48-44-40-37-34-31-28-25-23-21-19-20-22-24-27-29-32-35-38-42-46-50-54-58-64(69)66-62(61-67)63(68)57-53-49-45-41-14-12-10-8-6-4-2/h11,13,16-17,20-23,53,57,62-63,67-68H,3-10,12,14-15,18-19,24-52,54-56,58-61H2,1-2H3,(H,66,69)/b13-11-,17-16-,22-20-,23-21-,57-53+. The van der Waals surface area contributed by atoms with Crippen LogP contribution in [0.1, 0.15) is 316 Å². The molecule has 0 aromatic heterocycles. The van der Waals surface area contributed by atoms with Crippen molar-refractivity contribution in [2.75, 3.05) is 13.2 Å². The fraction of sp³-hybridized carbons (Fsp3) is 0.815. The van der Waals surface area contributed by atoms with Crippen LogP contribution in [0.5, 0.6) is 0 Å². The molecule has 3 N–H and O–H groups in total. The molecule has 6 heteroatoms. The maximum atomic E-state index is 12.4. The number of amides is 1. The van der Waals surface area contributed by atoms with Crippen molar-refractivity contribution in [1.82, 2.24) is 5.32 Å². The number of nitrogens with one attached hydrogen (secondary N) is 1. The number of hydrogen-bond acceptors (Lipinski definition) is 5. The molecule has 0 spiro atoms. The molecule has 0 radical (unpaired) electrons. The zero-order valence-corrected chi connectivity index (χ0v) is 47.2. The smallest absolute Gasteiger partial charge is 0.305 e. The zero-order valence-electron chi connectivity index (χ0n) is 47.2. The SMILES string of the molecule is CCCCC/C=C\C/C=C\CCCCCCCCCCCC(=O)OCCCCCCCCCCC/C=C\C/C=C\CCCCCCCCCCCC(=O)NC(CO)C(O)/C=C/CCCCCCCCCC. The molecule has 0 bridgehead atoms. The number of esters is 1. The number of carbonyl (C=O) groups is 2. The van der Waals surface area contributed by atoms with E-state index in [0.29, 0.717) is 19.4 Å². The Kier molecular flexibility index (Phi) is 58.1. The van der Waals surface area contributed by atoms with Crippen molar-refractivity contribution in [2.24, 2.45) is 0 Å². The van der Waals surface area contributed by atoms with Crippen LogP contribution in [0.4, 0.5) is 0 Å². The van der Waals surface area contributed by atoms with Crippen LogP contribution < -0.4 is 5.32 Å². The molecule has 2 atom stereocenters. The van der Waals surface area contributed by atoms with Crippen LogP contribution in [0.15, 0.2) is 60.8 Å². The third-order valence-electron chi connectivity index (χ3n) is 14.0. The molecule has 0 aromatic rings. The first kappa shape index (κ1) is 68.6. The molecule has 0 heterocycles. The summed E-state index contributed by atoms with van der Waals surface area (Å²) in [6.45, 7) is 4.85. The van der Waals surface area contributed by atoms with Crippen molar-refractivity contribution in [3.05, 3.63) is 60.8 Å². The predicted octanol–water partition coefficient (Wildman–Crippen LogP) is 19.5. The lowest BCUT2D eigenvalue weighted by atomic mass is 10.0. The van der Waals surface area contributed by atoms with Gasteiger partial charge >= 0.3 is 5.97 Å².